The molecule has 0 saturated carbocycles. The molecule has 1 atom stereocenters. The summed E-state index contributed by atoms with van der Waals surface area (Å²) >= 11 is 7.46. The molecule has 0 aliphatic heterocycles. The van der Waals surface area contributed by atoms with E-state index < -0.39 is 10.0 Å². The van der Waals surface area contributed by atoms with Gasteiger partial charge in [0.05, 0.1) is 9.23 Å². The predicted octanol–water partition coefficient (Wildman–Crippen LogP) is 2.94. The number of sulfonamides is 1. The molecule has 114 valence electrons. The van der Waals surface area contributed by atoms with Crippen molar-refractivity contribution in [3.63, 3.8) is 0 Å². The van der Waals surface area contributed by atoms with E-state index >= 15 is 0 Å². The molecule has 0 spiro atoms. The smallest absolute Gasteiger partial charge is 0.238 e. The van der Waals surface area contributed by atoms with Gasteiger partial charge in [-0.2, -0.15) is 0 Å². The lowest BCUT2D eigenvalue weighted by atomic mass is 10.1. The number of nitrogens with two attached hydrogens (primary N) is 1. The molecule has 0 saturated heterocycles. The number of nitrogens with one attached hydrogen (secondary N) is 1. The van der Waals surface area contributed by atoms with E-state index in [-0.39, 0.29) is 10.9 Å². The van der Waals surface area contributed by atoms with Gasteiger partial charge in [-0.15, -0.1) is 11.3 Å². The molecule has 0 bridgehead atoms. The first-order valence-electron chi connectivity index (χ1n) is 6.46. The Morgan fingerprint density at radius 1 is 1.33 bits per heavy atom. The van der Waals surface area contributed by atoms with Crippen LogP contribution in [-0.2, 0) is 16.4 Å². The number of hydrogen-bond donors (Lipinski definition) is 2. The van der Waals surface area contributed by atoms with Gasteiger partial charge >= 0.3 is 0 Å². The third-order valence-corrected chi connectivity index (χ3v) is 5.34. The third-order valence-electron chi connectivity index (χ3n) is 3.14. The van der Waals surface area contributed by atoms with Gasteiger partial charge in [-0.05, 0) is 43.2 Å². The summed E-state index contributed by atoms with van der Waals surface area (Å²) in [6.45, 7) is 2.78. The predicted molar refractivity (Wildman–Crippen MR) is 87.3 cm³/mol. The summed E-state index contributed by atoms with van der Waals surface area (Å²) < 4.78 is 23.5. The van der Waals surface area contributed by atoms with Crippen LogP contribution in [0.2, 0.25) is 4.34 Å². The maximum absolute atomic E-state index is 11.4. The first-order valence-corrected chi connectivity index (χ1v) is 9.21. The van der Waals surface area contributed by atoms with Gasteiger partial charge in [-0.3, -0.25) is 0 Å². The van der Waals surface area contributed by atoms with Crippen molar-refractivity contribution in [3.8, 4) is 0 Å². The highest BCUT2D eigenvalue weighted by Gasteiger charge is 2.11. The zero-order valence-corrected chi connectivity index (χ0v) is 13.9. The van der Waals surface area contributed by atoms with Crippen molar-refractivity contribution in [2.45, 2.75) is 24.3 Å². The third kappa shape index (κ3) is 4.79. The number of hydrogen-bond acceptors (Lipinski definition) is 4. The molecule has 0 amide bonds. The lowest BCUT2D eigenvalue weighted by Crippen LogP contribution is -2.21. The van der Waals surface area contributed by atoms with Crippen molar-refractivity contribution in [2.75, 3.05) is 6.54 Å². The largest absolute Gasteiger partial charge is 0.310 e. The van der Waals surface area contributed by atoms with Crippen molar-refractivity contribution < 1.29 is 8.42 Å². The summed E-state index contributed by atoms with van der Waals surface area (Å²) in [5.41, 5.74) is 0.894. The minimum absolute atomic E-state index is 0.0436. The molecule has 1 unspecified atom stereocenters. The zero-order valence-electron chi connectivity index (χ0n) is 11.5. The van der Waals surface area contributed by atoms with Gasteiger partial charge in [0.25, 0.3) is 0 Å². The molecule has 0 aliphatic carbocycles. The van der Waals surface area contributed by atoms with E-state index in [1.807, 2.05) is 25.1 Å². The minimum Gasteiger partial charge on any atom is -0.310 e. The summed E-state index contributed by atoms with van der Waals surface area (Å²) in [4.78, 5) is 1.36. The summed E-state index contributed by atoms with van der Waals surface area (Å²) in [6, 6.07) is 10.6. The molecule has 2 aromatic rings. The maximum atomic E-state index is 11.4. The summed E-state index contributed by atoms with van der Waals surface area (Å²) in [5, 5.41) is 8.51. The number of thiophene rings is 1. The van der Waals surface area contributed by atoms with Crippen molar-refractivity contribution in [2.24, 2.45) is 5.14 Å². The Morgan fingerprint density at radius 2 is 2.10 bits per heavy atom. The van der Waals surface area contributed by atoms with Crippen LogP contribution in [0.3, 0.4) is 0 Å². The molecule has 7 heteroatoms. The highest BCUT2D eigenvalue weighted by atomic mass is 35.5. The minimum atomic E-state index is -3.66. The molecule has 0 fully saturated rings. The van der Waals surface area contributed by atoms with Gasteiger partial charge in [0.2, 0.25) is 10.0 Å². The highest BCUT2D eigenvalue weighted by Crippen LogP contribution is 2.22. The quantitative estimate of drug-likeness (QED) is 0.846. The Hall–Kier alpha value is -0.920. The van der Waals surface area contributed by atoms with Crippen LogP contribution in [0.25, 0.3) is 0 Å². The fourth-order valence-corrected chi connectivity index (χ4v) is 3.63. The Labute approximate surface area is 134 Å². The Kier molecular flexibility index (Phi) is 5.40. The lowest BCUT2D eigenvalue weighted by molar-refractivity contribution is 0.576. The number of halogens is 1. The zero-order chi connectivity index (χ0) is 15.5. The topological polar surface area (TPSA) is 72.2 Å². The van der Waals surface area contributed by atoms with Crippen LogP contribution in [0.15, 0.2) is 41.3 Å². The molecular weight excluding hydrogens is 328 g/mol. The summed E-state index contributed by atoms with van der Waals surface area (Å²) in [7, 11) is -3.66. The van der Waals surface area contributed by atoms with E-state index in [9.17, 15) is 8.42 Å². The van der Waals surface area contributed by atoms with Crippen molar-refractivity contribution >= 4 is 33.0 Å². The van der Waals surface area contributed by atoms with E-state index in [1.165, 1.54) is 10.9 Å². The SMILES string of the molecule is CC(NCCc1ccc(Cl)s1)c1cccc(S(N)(=O)=O)c1. The van der Waals surface area contributed by atoms with Crippen LogP contribution in [-0.4, -0.2) is 15.0 Å². The van der Waals surface area contributed by atoms with Crippen LogP contribution in [0.4, 0.5) is 0 Å². The van der Waals surface area contributed by atoms with Crippen molar-refractivity contribution in [1.29, 1.82) is 0 Å². The average Bonchev–Trinajstić information content (AvgIpc) is 2.83. The van der Waals surface area contributed by atoms with Crippen LogP contribution < -0.4 is 10.5 Å². The second-order valence-electron chi connectivity index (χ2n) is 4.75. The first-order chi connectivity index (χ1) is 9.86. The van der Waals surface area contributed by atoms with Gasteiger partial charge in [0.15, 0.2) is 0 Å². The summed E-state index contributed by atoms with van der Waals surface area (Å²) in [5.74, 6) is 0. The maximum Gasteiger partial charge on any atom is 0.238 e. The second-order valence-corrected chi connectivity index (χ2v) is 8.11. The van der Waals surface area contributed by atoms with Crippen molar-refractivity contribution in [3.05, 3.63) is 51.2 Å². The van der Waals surface area contributed by atoms with Gasteiger partial charge in [-0.1, -0.05) is 23.7 Å². The molecule has 3 N–H and O–H groups in total. The van der Waals surface area contributed by atoms with Crippen LogP contribution in [0.1, 0.15) is 23.4 Å². The van der Waals surface area contributed by atoms with E-state index in [4.69, 9.17) is 16.7 Å². The Balaban J connectivity index is 1.95. The fraction of sp³-hybridized carbons (Fsp3) is 0.286. The van der Waals surface area contributed by atoms with E-state index in [0.717, 1.165) is 22.9 Å². The van der Waals surface area contributed by atoms with Crippen LogP contribution in [0, 0.1) is 0 Å². The van der Waals surface area contributed by atoms with Crippen LogP contribution in [0.5, 0.6) is 0 Å². The van der Waals surface area contributed by atoms with E-state index in [1.54, 1.807) is 23.5 Å². The Bertz CT molecular complexity index is 713. The number of primary sulfonamides is 1. The highest BCUT2D eigenvalue weighted by molar-refractivity contribution is 7.89. The van der Waals surface area contributed by atoms with E-state index in [2.05, 4.69) is 5.32 Å². The molecule has 1 aromatic carbocycles. The molecule has 0 aliphatic rings. The summed E-state index contributed by atoms with van der Waals surface area (Å²) in [6.07, 6.45) is 0.886. The van der Waals surface area contributed by atoms with E-state index in [0.29, 0.717) is 0 Å². The standard InChI is InChI=1S/C14H17ClN2O2S2/c1-10(17-8-7-12-5-6-14(15)20-12)11-3-2-4-13(9-11)21(16,18)19/h2-6,9-10,17H,7-8H2,1H3,(H2,16,18,19). The fourth-order valence-electron chi connectivity index (χ4n) is 1.98. The average molecular weight is 345 g/mol. The second kappa shape index (κ2) is 6.89. The van der Waals surface area contributed by atoms with Crippen molar-refractivity contribution in [1.82, 2.24) is 5.32 Å². The monoisotopic (exact) mass is 344 g/mol. The molecular formula is C14H17ClN2O2S2. The van der Waals surface area contributed by atoms with Crippen LogP contribution >= 0.6 is 22.9 Å². The normalized spacial score (nSPS) is 13.3. The molecule has 1 heterocycles. The Morgan fingerprint density at radius 3 is 2.71 bits per heavy atom. The lowest BCUT2D eigenvalue weighted by Gasteiger charge is -2.14. The molecule has 4 nitrogen and oxygen atoms in total. The van der Waals surface area contributed by atoms with Gasteiger partial charge in [0, 0.05) is 17.5 Å². The number of rotatable bonds is 6. The molecule has 2 rings (SSSR count). The van der Waals surface area contributed by atoms with Gasteiger partial charge in [-0.25, -0.2) is 13.6 Å². The molecule has 1 aromatic heterocycles. The first kappa shape index (κ1) is 16.5. The van der Waals surface area contributed by atoms with Gasteiger partial charge in [0.1, 0.15) is 0 Å². The molecule has 0 radical (unpaired) electrons. The van der Waals surface area contributed by atoms with Gasteiger partial charge < -0.3 is 5.32 Å². The molecule has 21 heavy (non-hydrogen) atoms. The number of benzene rings is 1.